The van der Waals surface area contributed by atoms with E-state index in [0.717, 1.165) is 70.6 Å². The third kappa shape index (κ3) is 38.0. The van der Waals surface area contributed by atoms with Crippen LogP contribution in [0, 0.1) is 0 Å². The molecule has 8 nitrogen and oxygen atoms in total. The first kappa shape index (κ1) is 51.7. The van der Waals surface area contributed by atoms with Gasteiger partial charge in [0.05, 0.1) is 39.9 Å². The molecule has 0 bridgehead atoms. The summed E-state index contributed by atoms with van der Waals surface area (Å²) in [6, 6.07) is -0.872. The summed E-state index contributed by atoms with van der Waals surface area (Å²) in [7, 11) is 1.52. The number of quaternary nitrogens is 1. The van der Waals surface area contributed by atoms with Gasteiger partial charge in [-0.05, 0) is 70.6 Å². The third-order valence-corrected chi connectivity index (χ3v) is 9.61. The molecule has 310 valence electrons. The number of nitrogens with one attached hydrogen (secondary N) is 1. The van der Waals surface area contributed by atoms with Gasteiger partial charge in [-0.15, -0.1) is 0 Å². The van der Waals surface area contributed by atoms with Crippen LogP contribution in [-0.4, -0.2) is 73.4 Å². The molecule has 9 heteroatoms. The minimum Gasteiger partial charge on any atom is -0.387 e. The molecular weight excluding hydrogens is 695 g/mol. The van der Waals surface area contributed by atoms with Crippen molar-refractivity contribution in [1.82, 2.24) is 5.32 Å². The number of carbonyl (C=O) groups excluding carboxylic acids is 1. The highest BCUT2D eigenvalue weighted by molar-refractivity contribution is 7.47. The van der Waals surface area contributed by atoms with Crippen LogP contribution in [-0.2, 0) is 18.4 Å². The summed E-state index contributed by atoms with van der Waals surface area (Å²) >= 11 is 0. The summed E-state index contributed by atoms with van der Waals surface area (Å²) in [5.74, 6) is -0.225. The maximum atomic E-state index is 12.8. The number of carbonyl (C=O) groups is 1. The molecule has 1 amide bonds. The van der Waals surface area contributed by atoms with Gasteiger partial charge in [0, 0.05) is 6.42 Å². The highest BCUT2D eigenvalue weighted by Gasteiger charge is 2.27. The van der Waals surface area contributed by atoms with Crippen LogP contribution in [0.3, 0.4) is 0 Å². The SMILES string of the molecule is CC/C=C\C/C=C\C/C=C\C/C=C\C/C=C\C/C=C\CCCCC(=O)NC(COP(=O)(O)OCC[N+](C)(C)C)C(O)/C=C/CCCCCCCCCCC. The lowest BCUT2D eigenvalue weighted by molar-refractivity contribution is -0.870. The number of allylic oxidation sites excluding steroid dienone is 13. The summed E-state index contributed by atoms with van der Waals surface area (Å²) < 4.78 is 23.5. The average molecular weight is 776 g/mol. The van der Waals surface area contributed by atoms with Gasteiger partial charge in [0.15, 0.2) is 0 Å². The first-order valence-corrected chi connectivity index (χ1v) is 22.5. The van der Waals surface area contributed by atoms with Gasteiger partial charge < -0.3 is 19.8 Å². The number of rotatable bonds is 36. The van der Waals surface area contributed by atoms with Gasteiger partial charge in [-0.3, -0.25) is 13.8 Å². The van der Waals surface area contributed by atoms with Crippen molar-refractivity contribution >= 4 is 13.7 Å². The molecule has 0 fully saturated rings. The van der Waals surface area contributed by atoms with Crippen molar-refractivity contribution in [1.29, 1.82) is 0 Å². The van der Waals surface area contributed by atoms with Crippen molar-refractivity contribution < 1.29 is 32.9 Å². The van der Waals surface area contributed by atoms with Crippen LogP contribution in [0.4, 0.5) is 0 Å². The smallest absolute Gasteiger partial charge is 0.387 e. The number of nitrogens with zero attached hydrogens (tertiary/aromatic N) is 1. The zero-order valence-electron chi connectivity index (χ0n) is 34.9. The summed E-state index contributed by atoms with van der Waals surface area (Å²) in [4.78, 5) is 23.0. The molecule has 0 aliphatic heterocycles. The maximum Gasteiger partial charge on any atom is 0.472 e. The second-order valence-corrected chi connectivity index (χ2v) is 16.4. The Bertz CT molecular complexity index is 1150. The third-order valence-electron chi connectivity index (χ3n) is 8.62. The van der Waals surface area contributed by atoms with Gasteiger partial charge in [0.25, 0.3) is 0 Å². The molecule has 0 radical (unpaired) electrons. The largest absolute Gasteiger partial charge is 0.472 e. The number of hydrogen-bond donors (Lipinski definition) is 3. The van der Waals surface area contributed by atoms with E-state index in [0.29, 0.717) is 23.9 Å². The van der Waals surface area contributed by atoms with Crippen molar-refractivity contribution in [2.45, 2.75) is 154 Å². The van der Waals surface area contributed by atoms with Gasteiger partial charge in [-0.25, -0.2) is 4.57 Å². The molecule has 3 unspecified atom stereocenters. The van der Waals surface area contributed by atoms with E-state index in [1.807, 2.05) is 27.2 Å². The number of unbranched alkanes of at least 4 members (excludes halogenated alkanes) is 11. The molecule has 0 saturated carbocycles. The summed E-state index contributed by atoms with van der Waals surface area (Å²) in [5, 5.41) is 13.7. The number of likely N-dealkylation sites (N-methyl/N-ethyl adjacent to an activating group) is 1. The van der Waals surface area contributed by atoms with E-state index >= 15 is 0 Å². The van der Waals surface area contributed by atoms with E-state index in [4.69, 9.17) is 9.05 Å². The molecule has 0 aromatic carbocycles. The van der Waals surface area contributed by atoms with Crippen molar-refractivity contribution in [3.8, 4) is 0 Å². The van der Waals surface area contributed by atoms with Crippen LogP contribution in [0.15, 0.2) is 85.1 Å². The fraction of sp³-hybridized carbons (Fsp3) is 0.667. The topological polar surface area (TPSA) is 105 Å². The number of phosphoric acid groups is 1. The second-order valence-electron chi connectivity index (χ2n) is 15.0. The highest BCUT2D eigenvalue weighted by Crippen LogP contribution is 2.43. The van der Waals surface area contributed by atoms with Crippen LogP contribution in [0.25, 0.3) is 0 Å². The van der Waals surface area contributed by atoms with E-state index in [9.17, 15) is 19.4 Å². The minimum atomic E-state index is -4.35. The Labute approximate surface area is 331 Å². The maximum absolute atomic E-state index is 12.8. The highest BCUT2D eigenvalue weighted by atomic mass is 31.2. The molecule has 0 saturated heterocycles. The van der Waals surface area contributed by atoms with Gasteiger partial charge in [-0.2, -0.15) is 0 Å². The number of aliphatic hydroxyl groups is 1. The Morgan fingerprint density at radius 3 is 1.63 bits per heavy atom. The molecule has 0 aromatic heterocycles. The lowest BCUT2D eigenvalue weighted by atomic mass is 10.1. The van der Waals surface area contributed by atoms with Crippen LogP contribution in [0.2, 0.25) is 0 Å². The Balaban J connectivity index is 4.53. The molecule has 0 spiro atoms. The lowest BCUT2D eigenvalue weighted by Crippen LogP contribution is -2.45. The predicted octanol–water partition coefficient (Wildman–Crippen LogP) is 11.4. The Kier molecular flexibility index (Phi) is 34.8. The van der Waals surface area contributed by atoms with Gasteiger partial charge >= 0.3 is 7.82 Å². The monoisotopic (exact) mass is 776 g/mol. The Morgan fingerprint density at radius 2 is 1.11 bits per heavy atom. The molecule has 0 aromatic rings. The molecule has 0 rings (SSSR count). The lowest BCUT2D eigenvalue weighted by Gasteiger charge is -2.25. The summed E-state index contributed by atoms with van der Waals surface area (Å²) in [5.41, 5.74) is 0. The molecule has 0 aliphatic carbocycles. The van der Waals surface area contributed by atoms with Gasteiger partial charge in [0.1, 0.15) is 13.2 Å². The zero-order chi connectivity index (χ0) is 40.0. The predicted molar refractivity (Wildman–Crippen MR) is 230 cm³/mol. The number of amides is 1. The molecule has 3 N–H and O–H groups in total. The second kappa shape index (κ2) is 36.3. The summed E-state index contributed by atoms with van der Waals surface area (Å²) in [6.07, 6.45) is 49.4. The number of aliphatic hydroxyl groups excluding tert-OH is 1. The van der Waals surface area contributed by atoms with Crippen LogP contribution in [0.5, 0.6) is 0 Å². The molecule has 3 atom stereocenters. The summed E-state index contributed by atoms with van der Waals surface area (Å²) in [6.45, 7) is 4.61. The van der Waals surface area contributed by atoms with Crippen molar-refractivity contribution in [3.63, 3.8) is 0 Å². The quantitative estimate of drug-likeness (QED) is 0.0253. The fourth-order valence-electron chi connectivity index (χ4n) is 5.28. The Morgan fingerprint density at radius 1 is 0.648 bits per heavy atom. The standard InChI is InChI=1S/C45H79N2O6P/c1-6-8-10-12-14-16-18-19-20-21-22-23-24-25-26-27-29-31-33-35-37-39-45(49)46-43(42-53-54(50,51)52-41-40-47(3,4)5)44(48)38-36-34-32-30-28-17-15-13-11-9-7-2/h8,10,14,16,19-20,22-23,25-26,29,31,36,38,43-44,48H,6-7,9,11-13,15,17-18,21,24,27-28,30,32-35,37,39-42H2,1-5H3,(H-,46,49,50,51)/p+1/b10-8-,16-14-,20-19-,23-22-,26-25-,31-29-,38-36+. The van der Waals surface area contributed by atoms with Crippen LogP contribution >= 0.6 is 7.82 Å². The molecular formula is C45H80N2O6P+. The van der Waals surface area contributed by atoms with E-state index in [1.54, 1.807) is 6.08 Å². The van der Waals surface area contributed by atoms with Crippen LogP contribution in [0.1, 0.15) is 142 Å². The zero-order valence-corrected chi connectivity index (χ0v) is 35.8. The van der Waals surface area contributed by atoms with E-state index in [2.05, 4.69) is 92.1 Å². The fourth-order valence-corrected chi connectivity index (χ4v) is 6.01. The number of hydrogen-bond acceptors (Lipinski definition) is 5. The van der Waals surface area contributed by atoms with Gasteiger partial charge in [-0.1, -0.05) is 150 Å². The van der Waals surface area contributed by atoms with Crippen LogP contribution < -0.4 is 5.32 Å². The van der Waals surface area contributed by atoms with E-state index in [-0.39, 0.29) is 19.1 Å². The van der Waals surface area contributed by atoms with Crippen molar-refractivity contribution in [2.75, 3.05) is 40.9 Å². The molecule has 54 heavy (non-hydrogen) atoms. The first-order chi connectivity index (χ1) is 26.0. The van der Waals surface area contributed by atoms with Crippen molar-refractivity contribution in [2.24, 2.45) is 0 Å². The normalized spacial score (nSPS) is 15.3. The van der Waals surface area contributed by atoms with Crippen molar-refractivity contribution in [3.05, 3.63) is 85.1 Å². The van der Waals surface area contributed by atoms with E-state index in [1.165, 1.54) is 44.9 Å². The number of phosphoric ester groups is 1. The molecule has 0 aliphatic rings. The van der Waals surface area contributed by atoms with Gasteiger partial charge in [0.2, 0.25) is 5.91 Å². The Hall–Kier alpha value is -2.32. The average Bonchev–Trinajstić information content (AvgIpc) is 3.12. The first-order valence-electron chi connectivity index (χ1n) is 21.0. The minimum absolute atomic E-state index is 0.0479. The van der Waals surface area contributed by atoms with E-state index < -0.39 is 20.0 Å². The molecule has 0 heterocycles.